The lowest BCUT2D eigenvalue weighted by Gasteiger charge is -2.04. The zero-order chi connectivity index (χ0) is 14.3. The normalized spacial score (nSPS) is 19.5. The average molecular weight is 262 g/mol. The number of carbonyl (C=O) groups is 2. The van der Waals surface area contributed by atoms with Crippen molar-refractivity contribution >= 4 is 11.8 Å². The van der Waals surface area contributed by atoms with E-state index in [1.165, 1.54) is 0 Å². The maximum Gasteiger partial charge on any atom is 0.310 e. The zero-order valence-electron chi connectivity index (χ0n) is 11.6. The van der Waals surface area contributed by atoms with Crippen molar-refractivity contribution in [2.75, 3.05) is 0 Å². The Hall–Kier alpha value is -1.64. The molecular weight excluding hydrogens is 240 g/mol. The van der Waals surface area contributed by atoms with Crippen LogP contribution in [0.1, 0.15) is 51.0 Å². The summed E-state index contributed by atoms with van der Waals surface area (Å²) in [5.74, 6) is -0.269. The van der Waals surface area contributed by atoms with Gasteiger partial charge in [-0.25, -0.2) is 0 Å². The van der Waals surface area contributed by atoms with Gasteiger partial charge in [0.1, 0.15) is 5.78 Å². The van der Waals surface area contributed by atoms with Gasteiger partial charge in [-0.15, -0.1) is 0 Å². The Bertz CT molecular complexity index is 411. The predicted molar refractivity (Wildman–Crippen MR) is 75.1 cm³/mol. The fraction of sp³-hybridized carbons (Fsp3) is 0.500. The maximum atomic E-state index is 10.8. The molecule has 104 valence electrons. The maximum absolute atomic E-state index is 10.8. The van der Waals surface area contributed by atoms with E-state index in [1.54, 1.807) is 6.92 Å². The average Bonchev–Trinajstić information content (AvgIpc) is 2.85. The third kappa shape index (κ3) is 4.86. The number of carboxylic acid groups (broad SMARTS) is 1. The van der Waals surface area contributed by atoms with E-state index in [4.69, 9.17) is 5.11 Å². The number of rotatable bonds is 3. The molecule has 0 bridgehead atoms. The van der Waals surface area contributed by atoms with Crippen LogP contribution in [0.3, 0.4) is 0 Å². The smallest absolute Gasteiger partial charge is 0.310 e. The van der Waals surface area contributed by atoms with E-state index in [1.807, 2.05) is 30.3 Å². The lowest BCUT2D eigenvalue weighted by Crippen LogP contribution is -2.06. The quantitative estimate of drug-likeness (QED) is 0.904. The van der Waals surface area contributed by atoms with Crippen molar-refractivity contribution in [2.24, 2.45) is 5.92 Å². The van der Waals surface area contributed by atoms with Gasteiger partial charge in [0.05, 0.1) is 5.92 Å². The highest BCUT2D eigenvalue weighted by Gasteiger charge is 2.21. The van der Waals surface area contributed by atoms with Gasteiger partial charge in [-0.05, 0) is 31.7 Å². The zero-order valence-corrected chi connectivity index (χ0v) is 11.6. The molecule has 0 radical (unpaired) electrons. The van der Waals surface area contributed by atoms with E-state index in [-0.39, 0.29) is 0 Å². The summed E-state index contributed by atoms with van der Waals surface area (Å²) in [7, 11) is 0. The van der Waals surface area contributed by atoms with Crippen molar-refractivity contribution < 1.29 is 14.7 Å². The summed E-state index contributed by atoms with van der Waals surface area (Å²) < 4.78 is 0. The summed E-state index contributed by atoms with van der Waals surface area (Å²) in [5, 5.41) is 8.64. The van der Waals surface area contributed by atoms with Crippen LogP contribution in [0.5, 0.6) is 0 Å². The molecular formula is C16H22O3. The molecule has 0 heterocycles. The number of carbonyl (C=O) groups excluding carboxylic acids is 1. The third-order valence-corrected chi connectivity index (χ3v) is 3.59. The molecule has 2 unspecified atom stereocenters. The Labute approximate surface area is 114 Å². The van der Waals surface area contributed by atoms with Crippen LogP contribution >= 0.6 is 0 Å². The summed E-state index contributed by atoms with van der Waals surface area (Å²) in [4.78, 5) is 21.3. The van der Waals surface area contributed by atoms with Crippen LogP contribution in [0, 0.1) is 5.92 Å². The van der Waals surface area contributed by atoms with Crippen molar-refractivity contribution in [2.45, 2.75) is 45.4 Å². The highest BCUT2D eigenvalue weighted by Crippen LogP contribution is 2.23. The van der Waals surface area contributed by atoms with Gasteiger partial charge >= 0.3 is 5.97 Å². The fourth-order valence-electron chi connectivity index (χ4n) is 2.20. The summed E-state index contributed by atoms with van der Waals surface area (Å²) >= 11 is 0. The van der Waals surface area contributed by atoms with E-state index < -0.39 is 11.9 Å². The minimum Gasteiger partial charge on any atom is -0.481 e. The Morgan fingerprint density at radius 1 is 1.37 bits per heavy atom. The van der Waals surface area contributed by atoms with Gasteiger partial charge in [0, 0.05) is 12.3 Å². The van der Waals surface area contributed by atoms with Crippen LogP contribution in [-0.2, 0) is 9.59 Å². The number of carboxylic acids is 1. The number of Topliss-reactive ketones (excluding diaryl/α,β-unsaturated/α-hetero) is 1. The van der Waals surface area contributed by atoms with Gasteiger partial charge < -0.3 is 5.11 Å². The topological polar surface area (TPSA) is 54.4 Å². The number of hydrogen-bond donors (Lipinski definition) is 1. The summed E-state index contributed by atoms with van der Waals surface area (Å²) in [5.41, 5.74) is 0.847. The van der Waals surface area contributed by atoms with E-state index in [0.717, 1.165) is 31.2 Å². The molecule has 19 heavy (non-hydrogen) atoms. The van der Waals surface area contributed by atoms with Crippen molar-refractivity contribution in [1.82, 2.24) is 0 Å². The summed E-state index contributed by atoms with van der Waals surface area (Å²) in [6, 6.07) is 9.19. The first kappa shape index (κ1) is 15.4. The lowest BCUT2D eigenvalue weighted by molar-refractivity contribution is -0.138. The van der Waals surface area contributed by atoms with Gasteiger partial charge in [0.2, 0.25) is 0 Å². The molecule has 0 aromatic heterocycles. The second-order valence-corrected chi connectivity index (χ2v) is 4.93. The van der Waals surface area contributed by atoms with Crippen LogP contribution in [0.2, 0.25) is 0 Å². The first-order chi connectivity index (χ1) is 9.06. The fourth-order valence-corrected chi connectivity index (χ4v) is 2.20. The molecule has 0 aliphatic heterocycles. The summed E-state index contributed by atoms with van der Waals surface area (Å²) in [6.07, 6.45) is 4.18. The van der Waals surface area contributed by atoms with Crippen LogP contribution in [0.4, 0.5) is 0 Å². The standard InChI is InChI=1S/C9H10O2.C7H12O/c1-7(9(10)11)8-5-3-2-4-6-8;1-2-6-4-3-5-7(6)8/h2-7H,1H3,(H,10,11);6H,2-5H2,1H3. The monoisotopic (exact) mass is 262 g/mol. The third-order valence-electron chi connectivity index (χ3n) is 3.59. The highest BCUT2D eigenvalue weighted by atomic mass is 16.4. The van der Waals surface area contributed by atoms with Crippen LogP contribution in [0.15, 0.2) is 30.3 Å². The minimum atomic E-state index is -0.781. The predicted octanol–water partition coefficient (Wildman–Crippen LogP) is 3.64. The van der Waals surface area contributed by atoms with Gasteiger partial charge in [-0.2, -0.15) is 0 Å². The molecule has 2 rings (SSSR count). The first-order valence-electron chi connectivity index (χ1n) is 6.86. The number of benzene rings is 1. The molecule has 0 amide bonds. The van der Waals surface area contributed by atoms with E-state index >= 15 is 0 Å². The molecule has 1 N–H and O–H groups in total. The lowest BCUT2D eigenvalue weighted by atomic mass is 10.0. The molecule has 0 spiro atoms. The Balaban J connectivity index is 0.000000200. The molecule has 1 saturated carbocycles. The van der Waals surface area contributed by atoms with Gasteiger partial charge in [0.15, 0.2) is 0 Å². The molecule has 2 atom stereocenters. The molecule has 1 aliphatic carbocycles. The van der Waals surface area contributed by atoms with E-state index in [0.29, 0.717) is 11.7 Å². The molecule has 1 aromatic rings. The molecule has 1 aromatic carbocycles. The van der Waals surface area contributed by atoms with Crippen LogP contribution < -0.4 is 0 Å². The molecule has 3 nitrogen and oxygen atoms in total. The molecule has 0 saturated heterocycles. The Morgan fingerprint density at radius 3 is 2.37 bits per heavy atom. The van der Waals surface area contributed by atoms with E-state index in [9.17, 15) is 9.59 Å². The number of hydrogen-bond acceptors (Lipinski definition) is 2. The molecule has 1 fully saturated rings. The second-order valence-electron chi connectivity index (χ2n) is 4.93. The van der Waals surface area contributed by atoms with Crippen molar-refractivity contribution in [1.29, 1.82) is 0 Å². The van der Waals surface area contributed by atoms with Crippen molar-refractivity contribution in [3.8, 4) is 0 Å². The number of ketones is 1. The van der Waals surface area contributed by atoms with Crippen LogP contribution in [0.25, 0.3) is 0 Å². The van der Waals surface area contributed by atoms with Crippen LogP contribution in [-0.4, -0.2) is 16.9 Å². The number of aliphatic carboxylic acids is 1. The molecule has 3 heteroatoms. The van der Waals surface area contributed by atoms with Crippen molar-refractivity contribution in [3.63, 3.8) is 0 Å². The summed E-state index contributed by atoms with van der Waals surface area (Å²) in [6.45, 7) is 3.77. The van der Waals surface area contributed by atoms with Gasteiger partial charge in [0.25, 0.3) is 0 Å². The Morgan fingerprint density at radius 2 is 2.00 bits per heavy atom. The second kappa shape index (κ2) is 7.72. The minimum absolute atomic E-state index is 0.406. The van der Waals surface area contributed by atoms with Gasteiger partial charge in [-0.3, -0.25) is 9.59 Å². The first-order valence-corrected chi connectivity index (χ1v) is 6.86. The van der Waals surface area contributed by atoms with E-state index in [2.05, 4.69) is 6.92 Å². The van der Waals surface area contributed by atoms with Crippen molar-refractivity contribution in [3.05, 3.63) is 35.9 Å². The SMILES string of the molecule is CC(C(=O)O)c1ccccc1.CCC1CCCC1=O. The van der Waals surface area contributed by atoms with Gasteiger partial charge in [-0.1, -0.05) is 37.3 Å². The Kier molecular flexibility index (Phi) is 6.26. The largest absolute Gasteiger partial charge is 0.481 e. The molecule has 1 aliphatic rings. The highest BCUT2D eigenvalue weighted by molar-refractivity contribution is 5.82.